The normalized spacial score (nSPS) is 9.33. The van der Waals surface area contributed by atoms with Crippen molar-refractivity contribution < 1.29 is 0 Å². The molecular formula is C9H9ClN2. The molecule has 0 atom stereocenters. The molecule has 62 valence electrons. The molecule has 0 radical (unpaired) electrons. The Morgan fingerprint density at radius 3 is 2.75 bits per heavy atom. The highest BCUT2D eigenvalue weighted by Crippen LogP contribution is 2.18. The lowest BCUT2D eigenvalue weighted by Gasteiger charge is -1.98. The summed E-state index contributed by atoms with van der Waals surface area (Å²) in [5.74, 6) is 0. The summed E-state index contributed by atoms with van der Waals surface area (Å²) in [6.45, 7) is 0. The number of hydrogen-bond acceptors (Lipinski definition) is 2. The molecule has 2 aromatic rings. The zero-order valence-electron chi connectivity index (χ0n) is 6.40. The fourth-order valence-electron chi connectivity index (χ4n) is 1.15. The van der Waals surface area contributed by atoms with Gasteiger partial charge in [-0.2, -0.15) is 0 Å². The fourth-order valence-corrected chi connectivity index (χ4v) is 1.15. The van der Waals surface area contributed by atoms with E-state index in [4.69, 9.17) is 5.73 Å². The molecule has 0 aliphatic rings. The van der Waals surface area contributed by atoms with E-state index in [-0.39, 0.29) is 12.4 Å². The van der Waals surface area contributed by atoms with Gasteiger partial charge in [-0.15, -0.1) is 12.4 Å². The fraction of sp³-hybridized carbons (Fsp3) is 0. The van der Waals surface area contributed by atoms with Gasteiger partial charge in [0.25, 0.3) is 0 Å². The number of hydrogen-bond donors (Lipinski definition) is 1. The summed E-state index contributed by atoms with van der Waals surface area (Å²) in [5, 5.41) is 2.16. The summed E-state index contributed by atoms with van der Waals surface area (Å²) in [7, 11) is 0. The van der Waals surface area contributed by atoms with Crippen LogP contribution in [0.25, 0.3) is 10.8 Å². The van der Waals surface area contributed by atoms with E-state index in [1.54, 1.807) is 6.20 Å². The van der Waals surface area contributed by atoms with Crippen LogP contribution < -0.4 is 5.73 Å². The van der Waals surface area contributed by atoms with Crippen molar-refractivity contribution in [1.82, 2.24) is 4.98 Å². The minimum absolute atomic E-state index is 0. The van der Waals surface area contributed by atoms with Gasteiger partial charge in [-0.1, -0.05) is 12.1 Å². The summed E-state index contributed by atoms with van der Waals surface area (Å²) in [6.07, 6.45) is 3.56. The average molecular weight is 181 g/mol. The highest BCUT2D eigenvalue weighted by atomic mass is 35.5. The lowest BCUT2D eigenvalue weighted by Crippen LogP contribution is -1.85. The number of nitrogen functional groups attached to an aromatic ring is 1. The molecule has 0 fully saturated rings. The van der Waals surface area contributed by atoms with Crippen LogP contribution in [-0.2, 0) is 0 Å². The Morgan fingerprint density at radius 2 is 2.00 bits per heavy atom. The van der Waals surface area contributed by atoms with Gasteiger partial charge < -0.3 is 5.73 Å². The molecule has 1 aromatic heterocycles. The number of halogens is 1. The summed E-state index contributed by atoms with van der Waals surface area (Å²) in [4.78, 5) is 4.00. The summed E-state index contributed by atoms with van der Waals surface area (Å²) in [6, 6.07) is 7.74. The van der Waals surface area contributed by atoms with Crippen molar-refractivity contribution >= 4 is 28.9 Å². The maximum Gasteiger partial charge on any atom is 0.0394 e. The van der Waals surface area contributed by atoms with E-state index in [1.807, 2.05) is 30.5 Å². The van der Waals surface area contributed by atoms with Gasteiger partial charge in [-0.25, -0.2) is 0 Å². The number of benzene rings is 1. The van der Waals surface area contributed by atoms with E-state index < -0.39 is 0 Å². The number of nitrogens with zero attached hydrogens (tertiary/aromatic N) is 1. The van der Waals surface area contributed by atoms with E-state index >= 15 is 0 Å². The SMILES string of the molecule is Cl.Nc1cccc2cnccc12. The molecule has 0 aliphatic heterocycles. The van der Waals surface area contributed by atoms with Crippen LogP contribution in [0.1, 0.15) is 0 Å². The van der Waals surface area contributed by atoms with Gasteiger partial charge >= 0.3 is 0 Å². The topological polar surface area (TPSA) is 38.9 Å². The predicted octanol–water partition coefficient (Wildman–Crippen LogP) is 2.24. The lowest BCUT2D eigenvalue weighted by atomic mass is 10.1. The van der Waals surface area contributed by atoms with Crippen molar-refractivity contribution in [1.29, 1.82) is 0 Å². The maximum atomic E-state index is 5.73. The highest BCUT2D eigenvalue weighted by Gasteiger charge is 1.93. The molecule has 2 rings (SSSR count). The molecule has 1 heterocycles. The first-order valence-corrected chi connectivity index (χ1v) is 3.46. The van der Waals surface area contributed by atoms with Crippen molar-refractivity contribution in [2.45, 2.75) is 0 Å². The first kappa shape index (κ1) is 8.81. The van der Waals surface area contributed by atoms with Crippen LogP contribution in [0.2, 0.25) is 0 Å². The van der Waals surface area contributed by atoms with E-state index in [9.17, 15) is 0 Å². The number of rotatable bonds is 0. The minimum atomic E-state index is 0. The zero-order chi connectivity index (χ0) is 7.68. The predicted molar refractivity (Wildman–Crippen MR) is 53.4 cm³/mol. The Balaban J connectivity index is 0.000000720. The molecule has 0 spiro atoms. The van der Waals surface area contributed by atoms with Crippen LogP contribution in [0.3, 0.4) is 0 Å². The summed E-state index contributed by atoms with van der Waals surface area (Å²) >= 11 is 0. The molecule has 1 aromatic carbocycles. The van der Waals surface area contributed by atoms with Gasteiger partial charge in [-0.3, -0.25) is 4.98 Å². The molecule has 2 nitrogen and oxygen atoms in total. The maximum absolute atomic E-state index is 5.73. The number of fused-ring (bicyclic) bond motifs is 1. The van der Waals surface area contributed by atoms with Gasteiger partial charge in [0.15, 0.2) is 0 Å². The van der Waals surface area contributed by atoms with Gasteiger partial charge in [0.2, 0.25) is 0 Å². The lowest BCUT2D eigenvalue weighted by molar-refractivity contribution is 1.36. The van der Waals surface area contributed by atoms with Crippen LogP contribution in [0.4, 0.5) is 5.69 Å². The smallest absolute Gasteiger partial charge is 0.0394 e. The molecule has 2 N–H and O–H groups in total. The largest absolute Gasteiger partial charge is 0.398 e. The third-order valence-electron chi connectivity index (χ3n) is 1.71. The standard InChI is InChI=1S/C9H8N2.ClH/c10-9-3-1-2-7-6-11-5-4-8(7)9;/h1-6H,10H2;1H. The second kappa shape index (κ2) is 3.41. The second-order valence-electron chi connectivity index (χ2n) is 2.44. The third kappa shape index (κ3) is 1.34. The zero-order valence-corrected chi connectivity index (χ0v) is 7.21. The molecule has 0 saturated carbocycles. The van der Waals surface area contributed by atoms with Crippen LogP contribution in [0.5, 0.6) is 0 Å². The van der Waals surface area contributed by atoms with Crippen molar-refractivity contribution in [2.75, 3.05) is 5.73 Å². The molecule has 0 unspecified atom stereocenters. The summed E-state index contributed by atoms with van der Waals surface area (Å²) < 4.78 is 0. The number of nitrogens with two attached hydrogens (primary N) is 1. The second-order valence-corrected chi connectivity index (χ2v) is 2.44. The van der Waals surface area contributed by atoms with Gasteiger partial charge in [0.05, 0.1) is 0 Å². The van der Waals surface area contributed by atoms with Crippen LogP contribution in [0, 0.1) is 0 Å². The third-order valence-corrected chi connectivity index (χ3v) is 1.71. The van der Waals surface area contributed by atoms with Gasteiger partial charge in [-0.05, 0) is 12.1 Å². The first-order valence-electron chi connectivity index (χ1n) is 3.46. The quantitative estimate of drug-likeness (QED) is 0.632. The molecular weight excluding hydrogens is 172 g/mol. The monoisotopic (exact) mass is 180 g/mol. The Bertz CT molecular complexity index is 382. The minimum Gasteiger partial charge on any atom is -0.398 e. The van der Waals surface area contributed by atoms with Crippen molar-refractivity contribution in [3.63, 3.8) is 0 Å². The number of aromatic nitrogens is 1. The molecule has 0 saturated heterocycles. The van der Waals surface area contributed by atoms with E-state index in [0.29, 0.717) is 0 Å². The first-order chi connectivity index (χ1) is 5.38. The van der Waals surface area contributed by atoms with Crippen LogP contribution in [-0.4, -0.2) is 4.98 Å². The average Bonchev–Trinajstić information content (AvgIpc) is 2.06. The Labute approximate surface area is 76.8 Å². The van der Waals surface area contributed by atoms with E-state index in [0.717, 1.165) is 16.5 Å². The molecule has 12 heavy (non-hydrogen) atoms. The molecule has 0 amide bonds. The van der Waals surface area contributed by atoms with Gasteiger partial charge in [0.1, 0.15) is 0 Å². The van der Waals surface area contributed by atoms with E-state index in [1.165, 1.54) is 0 Å². The number of pyridine rings is 1. The van der Waals surface area contributed by atoms with Crippen LogP contribution in [0.15, 0.2) is 36.7 Å². The highest BCUT2D eigenvalue weighted by molar-refractivity contribution is 5.91. The van der Waals surface area contributed by atoms with E-state index in [2.05, 4.69) is 4.98 Å². The summed E-state index contributed by atoms with van der Waals surface area (Å²) in [5.41, 5.74) is 6.54. The van der Waals surface area contributed by atoms with Crippen molar-refractivity contribution in [3.05, 3.63) is 36.7 Å². The van der Waals surface area contributed by atoms with Crippen LogP contribution >= 0.6 is 12.4 Å². The molecule has 0 bridgehead atoms. The van der Waals surface area contributed by atoms with Gasteiger partial charge in [0, 0.05) is 28.9 Å². The number of anilines is 1. The Kier molecular flexibility index (Phi) is 2.51. The molecule has 3 heteroatoms. The van der Waals surface area contributed by atoms with Crippen molar-refractivity contribution in [2.24, 2.45) is 0 Å². The molecule has 0 aliphatic carbocycles. The van der Waals surface area contributed by atoms with Crippen molar-refractivity contribution in [3.8, 4) is 0 Å². The Morgan fingerprint density at radius 1 is 1.17 bits per heavy atom. The Hall–Kier alpha value is -1.28.